The Balaban J connectivity index is 1.97. The van der Waals surface area contributed by atoms with Crippen LogP contribution in [0.1, 0.15) is 36.6 Å². The molecule has 0 bridgehead atoms. The normalized spacial score (nSPS) is 12.1. The van der Waals surface area contributed by atoms with Crippen molar-refractivity contribution in [3.63, 3.8) is 0 Å². The third-order valence-corrected chi connectivity index (χ3v) is 2.86. The van der Waals surface area contributed by atoms with E-state index in [-0.39, 0.29) is 18.4 Å². The minimum absolute atomic E-state index is 0.0420. The number of rotatable bonds is 5. The number of hydrogen-bond acceptors (Lipinski definition) is 3. The number of hydrogen-bond donors (Lipinski definition) is 2. The summed E-state index contributed by atoms with van der Waals surface area (Å²) < 4.78 is 0. The minimum Gasteiger partial charge on any atom is -0.346 e. The summed E-state index contributed by atoms with van der Waals surface area (Å²) in [5.74, 6) is 0.758. The predicted octanol–water partition coefficient (Wildman–Crippen LogP) is 1.92. The van der Waals surface area contributed by atoms with Gasteiger partial charge in [0.15, 0.2) is 0 Å². The van der Waals surface area contributed by atoms with E-state index < -0.39 is 0 Å². The van der Waals surface area contributed by atoms with Crippen LogP contribution in [0, 0.1) is 6.92 Å². The summed E-state index contributed by atoms with van der Waals surface area (Å²) in [4.78, 5) is 23.5. The molecule has 0 unspecified atom stereocenters. The number of pyridine rings is 1. The number of aryl methyl sites for hydroxylation is 1. The molecule has 19 heavy (non-hydrogen) atoms. The van der Waals surface area contributed by atoms with Crippen molar-refractivity contribution in [2.75, 3.05) is 0 Å². The molecule has 0 aliphatic heterocycles. The second kappa shape index (κ2) is 6.13. The number of aromatic amines is 1. The topological polar surface area (TPSA) is 70.7 Å². The van der Waals surface area contributed by atoms with Gasteiger partial charge in [0.05, 0.1) is 12.5 Å². The van der Waals surface area contributed by atoms with Gasteiger partial charge < -0.3 is 10.3 Å². The Hall–Kier alpha value is -2.17. The zero-order valence-corrected chi connectivity index (χ0v) is 11.2. The monoisotopic (exact) mass is 258 g/mol. The number of carbonyl (C=O) groups excluding carboxylic acids is 1. The quantitative estimate of drug-likeness (QED) is 0.860. The van der Waals surface area contributed by atoms with Gasteiger partial charge in [0.2, 0.25) is 5.91 Å². The second-order valence-corrected chi connectivity index (χ2v) is 4.48. The molecule has 5 heteroatoms. The van der Waals surface area contributed by atoms with E-state index in [1.807, 2.05) is 32.0 Å². The number of imidazole rings is 1. The number of nitrogens with zero attached hydrogens (tertiary/aromatic N) is 2. The second-order valence-electron chi connectivity index (χ2n) is 4.48. The van der Waals surface area contributed by atoms with Crippen LogP contribution in [0.15, 0.2) is 30.6 Å². The minimum atomic E-state index is -0.0788. The molecule has 0 aliphatic carbocycles. The third kappa shape index (κ3) is 3.64. The van der Waals surface area contributed by atoms with Crippen molar-refractivity contribution in [1.29, 1.82) is 0 Å². The first-order valence-electron chi connectivity index (χ1n) is 6.39. The Morgan fingerprint density at radius 1 is 1.42 bits per heavy atom. The Morgan fingerprint density at radius 3 is 2.84 bits per heavy atom. The van der Waals surface area contributed by atoms with Crippen molar-refractivity contribution in [3.05, 3.63) is 47.8 Å². The van der Waals surface area contributed by atoms with Gasteiger partial charge in [-0.25, -0.2) is 4.98 Å². The molecule has 2 aromatic heterocycles. The number of amides is 1. The lowest BCUT2D eigenvalue weighted by Crippen LogP contribution is -2.30. The molecule has 2 aromatic rings. The lowest BCUT2D eigenvalue weighted by Gasteiger charge is -2.14. The van der Waals surface area contributed by atoms with Gasteiger partial charge in [-0.1, -0.05) is 13.0 Å². The maximum atomic E-state index is 12.0. The van der Waals surface area contributed by atoms with Crippen molar-refractivity contribution < 1.29 is 4.79 Å². The summed E-state index contributed by atoms with van der Waals surface area (Å²) >= 11 is 0. The molecular formula is C14H18N4O. The van der Waals surface area contributed by atoms with Gasteiger partial charge >= 0.3 is 0 Å². The zero-order valence-electron chi connectivity index (χ0n) is 11.2. The molecule has 0 saturated carbocycles. The molecule has 0 saturated heterocycles. The van der Waals surface area contributed by atoms with Gasteiger partial charge in [0.1, 0.15) is 5.82 Å². The van der Waals surface area contributed by atoms with E-state index in [1.165, 1.54) is 0 Å². The van der Waals surface area contributed by atoms with Crippen LogP contribution in [0.2, 0.25) is 0 Å². The lowest BCUT2D eigenvalue weighted by atomic mass is 10.2. The third-order valence-electron chi connectivity index (χ3n) is 2.86. The van der Waals surface area contributed by atoms with Gasteiger partial charge in [-0.05, 0) is 25.5 Å². The Labute approximate surface area is 112 Å². The molecule has 1 atom stereocenters. The number of H-pyrrole nitrogens is 1. The standard InChI is InChI=1S/C14H18N4O/c1-3-12(14-16-9-10(2)17-14)18-13(19)8-11-6-4-5-7-15-11/h4-7,9,12H,3,8H2,1-2H3,(H,16,17)(H,18,19)/t12-/m0/s1. The van der Waals surface area contributed by atoms with Gasteiger partial charge in [0.25, 0.3) is 0 Å². The molecule has 0 aromatic carbocycles. The SMILES string of the molecule is CC[C@H](NC(=O)Cc1ccccn1)c1ncc(C)[nH]1. The molecule has 2 rings (SSSR count). The molecule has 0 spiro atoms. The van der Waals surface area contributed by atoms with Crippen LogP contribution in [-0.4, -0.2) is 20.9 Å². The van der Waals surface area contributed by atoms with Gasteiger partial charge in [-0.15, -0.1) is 0 Å². The number of nitrogens with one attached hydrogen (secondary N) is 2. The number of aromatic nitrogens is 3. The fourth-order valence-corrected chi connectivity index (χ4v) is 1.89. The van der Waals surface area contributed by atoms with Crippen LogP contribution in [0.3, 0.4) is 0 Å². The first-order chi connectivity index (χ1) is 9.19. The van der Waals surface area contributed by atoms with Crippen molar-refractivity contribution in [3.8, 4) is 0 Å². The molecule has 2 N–H and O–H groups in total. The van der Waals surface area contributed by atoms with E-state index in [0.717, 1.165) is 23.6 Å². The maximum Gasteiger partial charge on any atom is 0.226 e. The smallest absolute Gasteiger partial charge is 0.226 e. The average molecular weight is 258 g/mol. The summed E-state index contributed by atoms with van der Waals surface area (Å²) in [7, 11) is 0. The van der Waals surface area contributed by atoms with E-state index in [9.17, 15) is 4.79 Å². The zero-order chi connectivity index (χ0) is 13.7. The van der Waals surface area contributed by atoms with Crippen LogP contribution in [0.4, 0.5) is 0 Å². The molecule has 5 nitrogen and oxygen atoms in total. The number of carbonyl (C=O) groups is 1. The largest absolute Gasteiger partial charge is 0.346 e. The Morgan fingerprint density at radius 2 is 2.26 bits per heavy atom. The fourth-order valence-electron chi connectivity index (χ4n) is 1.89. The molecule has 100 valence electrons. The lowest BCUT2D eigenvalue weighted by molar-refractivity contribution is -0.121. The van der Waals surface area contributed by atoms with Crippen LogP contribution >= 0.6 is 0 Å². The Kier molecular flexibility index (Phi) is 4.28. The van der Waals surface area contributed by atoms with E-state index in [1.54, 1.807) is 12.4 Å². The molecule has 2 heterocycles. The first-order valence-corrected chi connectivity index (χ1v) is 6.39. The molecule has 0 radical (unpaired) electrons. The molecule has 0 fully saturated rings. The summed E-state index contributed by atoms with van der Waals surface area (Å²) in [5.41, 5.74) is 1.76. The van der Waals surface area contributed by atoms with E-state index in [2.05, 4.69) is 20.3 Å². The summed E-state index contributed by atoms with van der Waals surface area (Å²) in [6, 6.07) is 5.48. The van der Waals surface area contributed by atoms with Gasteiger partial charge in [-0.3, -0.25) is 9.78 Å². The van der Waals surface area contributed by atoms with Crippen LogP contribution in [0.25, 0.3) is 0 Å². The van der Waals surface area contributed by atoms with Crippen molar-refractivity contribution in [1.82, 2.24) is 20.3 Å². The van der Waals surface area contributed by atoms with E-state index in [0.29, 0.717) is 0 Å². The maximum absolute atomic E-state index is 12.0. The van der Waals surface area contributed by atoms with Crippen molar-refractivity contribution >= 4 is 5.91 Å². The van der Waals surface area contributed by atoms with Crippen molar-refractivity contribution in [2.24, 2.45) is 0 Å². The van der Waals surface area contributed by atoms with E-state index in [4.69, 9.17) is 0 Å². The molecule has 0 aliphatic rings. The van der Waals surface area contributed by atoms with Crippen LogP contribution in [0.5, 0.6) is 0 Å². The van der Waals surface area contributed by atoms with E-state index >= 15 is 0 Å². The van der Waals surface area contributed by atoms with Gasteiger partial charge in [0, 0.05) is 23.8 Å². The summed E-state index contributed by atoms with van der Waals surface area (Å²) in [5, 5.41) is 2.97. The fraction of sp³-hybridized carbons (Fsp3) is 0.357. The van der Waals surface area contributed by atoms with Crippen molar-refractivity contribution in [2.45, 2.75) is 32.7 Å². The first kappa shape index (κ1) is 13.3. The molecule has 1 amide bonds. The van der Waals surface area contributed by atoms with Crippen LogP contribution < -0.4 is 5.32 Å². The highest BCUT2D eigenvalue weighted by molar-refractivity contribution is 5.78. The Bertz CT molecular complexity index is 535. The molecular weight excluding hydrogens is 240 g/mol. The van der Waals surface area contributed by atoms with Gasteiger partial charge in [-0.2, -0.15) is 0 Å². The highest BCUT2D eigenvalue weighted by Crippen LogP contribution is 2.12. The van der Waals surface area contributed by atoms with Crippen LogP contribution in [-0.2, 0) is 11.2 Å². The predicted molar refractivity (Wildman–Crippen MR) is 72.4 cm³/mol. The highest BCUT2D eigenvalue weighted by Gasteiger charge is 2.15. The summed E-state index contributed by atoms with van der Waals surface area (Å²) in [6.45, 7) is 3.96. The summed E-state index contributed by atoms with van der Waals surface area (Å²) in [6.07, 6.45) is 4.54. The average Bonchev–Trinajstić information content (AvgIpc) is 2.83. The highest BCUT2D eigenvalue weighted by atomic mass is 16.1.